The molecule has 12 aromatic carbocycles. The van der Waals surface area contributed by atoms with E-state index in [1.807, 2.05) is 0 Å². The van der Waals surface area contributed by atoms with E-state index in [1.165, 1.54) is 122 Å². The predicted octanol–water partition coefficient (Wildman–Crippen LogP) is 21.2. The number of anilines is 3. The third-order valence-corrected chi connectivity index (χ3v) is 17.4. The molecule has 0 atom stereocenters. The van der Waals surface area contributed by atoms with Gasteiger partial charge in [0.25, 0.3) is 0 Å². The van der Waals surface area contributed by atoms with Gasteiger partial charge in [-0.2, -0.15) is 0 Å². The van der Waals surface area contributed by atoms with Crippen LogP contribution in [-0.2, 0) is 18.3 Å². The summed E-state index contributed by atoms with van der Waals surface area (Å²) >= 11 is 0. The molecule has 0 saturated carbocycles. The maximum Gasteiger partial charge on any atom is 0.0726 e. The number of fused-ring (bicyclic) bond motifs is 13. The lowest BCUT2D eigenvalue weighted by Crippen LogP contribution is -2.26. The Labute approximate surface area is 475 Å². The fourth-order valence-electron chi connectivity index (χ4n) is 13.8. The lowest BCUT2D eigenvalue weighted by atomic mass is 9.70. The van der Waals surface area contributed by atoms with Crippen LogP contribution in [-0.4, -0.2) is 4.57 Å². The standard InChI is InChI=1S/C79H60N2/c1-3-17-53-29-47-76-70(49-53)71-50-54(18-4-2)30-48-77(71)81(76)63-42-37-59(38-43-63)57-33-31-56(32-34-57)58-35-40-62(41-36-58)80(78-51-61(55-19-7-5-8-20-55)39-45-65(78)60-21-9-6-10-22-60)64-44-46-69-68-25-13-16-28-74(68)79(75(69)52-64)72-26-14-11-23-66(72)67-24-12-15-27-73(67)79/h5-16,19-52H,3-4,17-18H2,1-2H3. The second kappa shape index (κ2) is 19.9. The van der Waals surface area contributed by atoms with Crippen molar-refractivity contribution in [2.75, 3.05) is 4.90 Å². The van der Waals surface area contributed by atoms with Crippen LogP contribution in [0.25, 0.3) is 94.3 Å². The summed E-state index contributed by atoms with van der Waals surface area (Å²) in [4.78, 5) is 2.50. The number of hydrogen-bond donors (Lipinski definition) is 0. The fourth-order valence-corrected chi connectivity index (χ4v) is 13.8. The number of hydrogen-bond acceptors (Lipinski definition) is 1. The van der Waals surface area contributed by atoms with Gasteiger partial charge in [0.2, 0.25) is 0 Å². The van der Waals surface area contributed by atoms with Crippen LogP contribution in [0.5, 0.6) is 0 Å². The number of rotatable bonds is 12. The first kappa shape index (κ1) is 48.4. The number of aryl methyl sites for hydroxylation is 2. The first-order valence-electron chi connectivity index (χ1n) is 28.9. The smallest absolute Gasteiger partial charge is 0.0726 e. The van der Waals surface area contributed by atoms with E-state index in [9.17, 15) is 0 Å². The topological polar surface area (TPSA) is 8.17 Å². The fraction of sp³-hybridized carbons (Fsp3) is 0.0886. The van der Waals surface area contributed by atoms with Crippen molar-refractivity contribution in [2.24, 2.45) is 0 Å². The molecule has 0 N–H and O–H groups in total. The van der Waals surface area contributed by atoms with E-state index < -0.39 is 5.41 Å². The molecule has 0 fully saturated rings. The van der Waals surface area contributed by atoms with Crippen LogP contribution < -0.4 is 4.90 Å². The van der Waals surface area contributed by atoms with E-state index >= 15 is 0 Å². The van der Waals surface area contributed by atoms with Crippen LogP contribution in [0.3, 0.4) is 0 Å². The average Bonchev–Trinajstić information content (AvgIpc) is 2.42. The maximum absolute atomic E-state index is 2.51. The highest BCUT2D eigenvalue weighted by Crippen LogP contribution is 2.63. The molecular formula is C79H60N2. The lowest BCUT2D eigenvalue weighted by molar-refractivity contribution is 0.793. The van der Waals surface area contributed by atoms with Gasteiger partial charge in [0.1, 0.15) is 0 Å². The zero-order chi connectivity index (χ0) is 54.0. The zero-order valence-corrected chi connectivity index (χ0v) is 45.8. The molecule has 2 aliphatic rings. The quantitative estimate of drug-likeness (QED) is 0.118. The SMILES string of the molecule is CCCc1ccc2c(c1)c1cc(CCC)ccc1n2-c1ccc(-c2ccc(-c3ccc(N(c4ccc5c(c4)C4(c6ccccc6-c6ccccc64)c4ccccc4-5)c4cc(-c5ccccc5)ccc4-c4ccccc4)cc3)cc2)cc1. The van der Waals surface area contributed by atoms with E-state index in [4.69, 9.17) is 0 Å². The van der Waals surface area contributed by atoms with Crippen LogP contribution in [0.4, 0.5) is 17.1 Å². The van der Waals surface area contributed by atoms with Crippen LogP contribution in [0.15, 0.2) is 279 Å². The van der Waals surface area contributed by atoms with Gasteiger partial charge in [-0.3, -0.25) is 0 Å². The van der Waals surface area contributed by atoms with Crippen LogP contribution >= 0.6 is 0 Å². The molecule has 1 aromatic heterocycles. The van der Waals surface area contributed by atoms with Crippen LogP contribution in [0, 0.1) is 0 Å². The highest BCUT2D eigenvalue weighted by atomic mass is 15.1. The normalized spacial score (nSPS) is 12.6. The third kappa shape index (κ3) is 7.92. The van der Waals surface area contributed by atoms with Gasteiger partial charge in [0, 0.05) is 33.4 Å². The maximum atomic E-state index is 2.51. The predicted molar refractivity (Wildman–Crippen MR) is 341 cm³/mol. The Morgan fingerprint density at radius 1 is 0.309 bits per heavy atom. The van der Waals surface area contributed by atoms with Gasteiger partial charge in [-0.25, -0.2) is 0 Å². The Bertz CT molecular complexity index is 4380. The van der Waals surface area contributed by atoms with Gasteiger partial charge in [0.15, 0.2) is 0 Å². The Kier molecular flexibility index (Phi) is 11.9. The monoisotopic (exact) mass is 1040 g/mol. The average molecular weight is 1040 g/mol. The zero-order valence-electron chi connectivity index (χ0n) is 45.8. The third-order valence-electron chi connectivity index (χ3n) is 17.4. The molecule has 0 bridgehead atoms. The van der Waals surface area contributed by atoms with Gasteiger partial charge in [0.05, 0.1) is 22.1 Å². The molecule has 1 heterocycles. The molecule has 81 heavy (non-hydrogen) atoms. The number of benzene rings is 12. The molecule has 2 nitrogen and oxygen atoms in total. The first-order chi connectivity index (χ1) is 40.1. The van der Waals surface area contributed by atoms with Crippen molar-refractivity contribution < 1.29 is 0 Å². The van der Waals surface area contributed by atoms with Crippen LogP contribution in [0.2, 0.25) is 0 Å². The summed E-state index contributed by atoms with van der Waals surface area (Å²) in [5.41, 5.74) is 29.2. The van der Waals surface area contributed by atoms with Crippen LogP contribution in [0.1, 0.15) is 60.1 Å². The molecule has 2 heteroatoms. The summed E-state index contributed by atoms with van der Waals surface area (Å²) in [7, 11) is 0. The van der Waals surface area contributed by atoms with Crippen molar-refractivity contribution in [2.45, 2.75) is 44.9 Å². The van der Waals surface area contributed by atoms with Crippen molar-refractivity contribution in [1.29, 1.82) is 0 Å². The van der Waals surface area contributed by atoms with Crippen molar-refractivity contribution in [3.05, 3.63) is 312 Å². The van der Waals surface area contributed by atoms with Gasteiger partial charge >= 0.3 is 0 Å². The Morgan fingerprint density at radius 3 is 1.23 bits per heavy atom. The van der Waals surface area contributed by atoms with E-state index in [-0.39, 0.29) is 0 Å². The molecule has 0 unspecified atom stereocenters. The summed E-state index contributed by atoms with van der Waals surface area (Å²) in [5, 5.41) is 2.68. The number of aromatic nitrogens is 1. The Hall–Kier alpha value is -9.76. The minimum absolute atomic E-state index is 0.476. The molecule has 0 amide bonds. The van der Waals surface area contributed by atoms with Crippen molar-refractivity contribution in [3.63, 3.8) is 0 Å². The molecule has 0 radical (unpaired) electrons. The second-order valence-corrected chi connectivity index (χ2v) is 22.1. The molecule has 1 spiro atoms. The van der Waals surface area contributed by atoms with E-state index in [1.54, 1.807) is 0 Å². The van der Waals surface area contributed by atoms with Crippen molar-refractivity contribution >= 4 is 38.9 Å². The lowest BCUT2D eigenvalue weighted by Gasteiger charge is -2.33. The molecule has 0 aliphatic heterocycles. The largest absolute Gasteiger partial charge is 0.310 e. The van der Waals surface area contributed by atoms with E-state index in [2.05, 4.69) is 302 Å². The summed E-state index contributed by atoms with van der Waals surface area (Å²) in [6.07, 6.45) is 4.46. The van der Waals surface area contributed by atoms with Crippen molar-refractivity contribution in [3.8, 4) is 72.4 Å². The molecule has 13 aromatic rings. The summed E-state index contributed by atoms with van der Waals surface area (Å²) in [6, 6.07) is 105. The van der Waals surface area contributed by atoms with Gasteiger partial charge < -0.3 is 9.47 Å². The molecule has 386 valence electrons. The minimum Gasteiger partial charge on any atom is -0.310 e. The summed E-state index contributed by atoms with van der Waals surface area (Å²) in [6.45, 7) is 4.53. The highest BCUT2D eigenvalue weighted by molar-refractivity contribution is 6.10. The summed E-state index contributed by atoms with van der Waals surface area (Å²) in [5.74, 6) is 0. The highest BCUT2D eigenvalue weighted by Gasteiger charge is 2.51. The van der Waals surface area contributed by atoms with E-state index in [0.717, 1.165) is 48.3 Å². The second-order valence-electron chi connectivity index (χ2n) is 22.1. The minimum atomic E-state index is -0.476. The van der Waals surface area contributed by atoms with E-state index in [0.29, 0.717) is 0 Å². The van der Waals surface area contributed by atoms with Gasteiger partial charge in [-0.1, -0.05) is 239 Å². The molecule has 15 rings (SSSR count). The summed E-state index contributed by atoms with van der Waals surface area (Å²) < 4.78 is 2.45. The van der Waals surface area contributed by atoms with Crippen molar-refractivity contribution in [1.82, 2.24) is 4.57 Å². The first-order valence-corrected chi connectivity index (χ1v) is 28.9. The van der Waals surface area contributed by atoms with Gasteiger partial charge in [-0.05, 0) is 174 Å². The molecular weight excluding hydrogens is 977 g/mol. The molecule has 2 aliphatic carbocycles. The number of nitrogens with zero attached hydrogens (tertiary/aromatic N) is 2. The van der Waals surface area contributed by atoms with Gasteiger partial charge in [-0.15, -0.1) is 0 Å². The Morgan fingerprint density at radius 2 is 0.716 bits per heavy atom. The molecule has 0 saturated heterocycles. The Balaban J connectivity index is 0.823.